The zero-order valence-electron chi connectivity index (χ0n) is 12.1. The van der Waals surface area contributed by atoms with Crippen LogP contribution in [0.5, 0.6) is 5.75 Å². The fraction of sp³-hybridized carbons (Fsp3) is 0.235. The van der Waals surface area contributed by atoms with Gasteiger partial charge in [-0.25, -0.2) is 4.79 Å². The van der Waals surface area contributed by atoms with Crippen LogP contribution in [0.4, 0.5) is 4.79 Å². The Balaban J connectivity index is 1.77. The van der Waals surface area contributed by atoms with Crippen molar-refractivity contribution < 1.29 is 14.6 Å². The van der Waals surface area contributed by atoms with Crippen LogP contribution in [0.25, 0.3) is 0 Å². The summed E-state index contributed by atoms with van der Waals surface area (Å²) in [5.41, 5.74) is 2.40. The van der Waals surface area contributed by atoms with Gasteiger partial charge < -0.3 is 15.2 Å². The molecule has 0 aliphatic heterocycles. The van der Waals surface area contributed by atoms with E-state index in [1.165, 1.54) is 11.1 Å². The van der Waals surface area contributed by atoms with Crippen LogP contribution in [0.1, 0.15) is 17.5 Å². The van der Waals surface area contributed by atoms with Crippen LogP contribution < -0.4 is 10.1 Å². The lowest BCUT2D eigenvalue weighted by Crippen LogP contribution is -2.23. The first-order valence-electron chi connectivity index (χ1n) is 7.06. The molecule has 5 heteroatoms. The van der Waals surface area contributed by atoms with Gasteiger partial charge in [0.2, 0.25) is 0 Å². The number of carbonyl (C=O) groups is 1. The Morgan fingerprint density at radius 1 is 1.05 bits per heavy atom. The largest absolute Gasteiger partial charge is 0.494 e. The van der Waals surface area contributed by atoms with Gasteiger partial charge >= 0.3 is 6.09 Å². The van der Waals surface area contributed by atoms with E-state index in [0.717, 1.165) is 17.2 Å². The fourth-order valence-corrected chi connectivity index (χ4v) is 2.12. The summed E-state index contributed by atoms with van der Waals surface area (Å²) in [6.45, 7) is 0.876. The van der Waals surface area contributed by atoms with Gasteiger partial charge in [-0.15, -0.1) is 0 Å². The molecule has 0 aliphatic rings. The van der Waals surface area contributed by atoms with Crippen LogP contribution in [0, 0.1) is 0 Å². The SMILES string of the molecule is O=C(O)NCCCOc1ccc(Cc2ccc(Cl)cc2)cc1. The third-order valence-corrected chi connectivity index (χ3v) is 3.36. The zero-order valence-corrected chi connectivity index (χ0v) is 12.8. The molecule has 2 rings (SSSR count). The summed E-state index contributed by atoms with van der Waals surface area (Å²) in [4.78, 5) is 10.3. The molecule has 22 heavy (non-hydrogen) atoms. The number of halogens is 1. The Morgan fingerprint density at radius 3 is 2.23 bits per heavy atom. The summed E-state index contributed by atoms with van der Waals surface area (Å²) in [7, 11) is 0. The number of benzene rings is 2. The number of carboxylic acid groups (broad SMARTS) is 1. The van der Waals surface area contributed by atoms with E-state index in [2.05, 4.69) is 5.32 Å². The van der Waals surface area contributed by atoms with Gasteiger partial charge in [-0.2, -0.15) is 0 Å². The number of hydrogen-bond donors (Lipinski definition) is 2. The Morgan fingerprint density at radius 2 is 1.64 bits per heavy atom. The average molecular weight is 320 g/mol. The van der Waals surface area contributed by atoms with Gasteiger partial charge in [-0.1, -0.05) is 35.9 Å². The van der Waals surface area contributed by atoms with E-state index in [-0.39, 0.29) is 0 Å². The third-order valence-electron chi connectivity index (χ3n) is 3.11. The van der Waals surface area contributed by atoms with Crippen molar-refractivity contribution in [1.29, 1.82) is 0 Å². The number of ether oxygens (including phenoxy) is 1. The molecule has 1 amide bonds. The first-order chi connectivity index (χ1) is 10.6. The monoisotopic (exact) mass is 319 g/mol. The highest BCUT2D eigenvalue weighted by Crippen LogP contribution is 2.17. The van der Waals surface area contributed by atoms with Crippen LogP contribution in [0.15, 0.2) is 48.5 Å². The third kappa shape index (κ3) is 5.66. The molecule has 0 unspecified atom stereocenters. The smallest absolute Gasteiger partial charge is 0.404 e. The second kappa shape index (κ2) is 8.29. The summed E-state index contributed by atoms with van der Waals surface area (Å²) in [6.07, 6.45) is 0.477. The lowest BCUT2D eigenvalue weighted by molar-refractivity contribution is 0.193. The molecule has 0 aliphatic carbocycles. The number of hydrogen-bond acceptors (Lipinski definition) is 2. The van der Waals surface area contributed by atoms with Crippen molar-refractivity contribution in [3.8, 4) is 5.75 Å². The summed E-state index contributed by atoms with van der Waals surface area (Å²) in [5, 5.41) is 11.5. The lowest BCUT2D eigenvalue weighted by atomic mass is 10.1. The van der Waals surface area contributed by atoms with E-state index < -0.39 is 6.09 Å². The molecular formula is C17H18ClNO3. The minimum Gasteiger partial charge on any atom is -0.494 e. The van der Waals surface area contributed by atoms with E-state index in [1.807, 2.05) is 48.5 Å². The normalized spacial score (nSPS) is 10.2. The Bertz CT molecular complexity index is 596. The van der Waals surface area contributed by atoms with Crippen LogP contribution in [-0.4, -0.2) is 24.4 Å². The molecule has 2 N–H and O–H groups in total. The second-order valence-electron chi connectivity index (χ2n) is 4.88. The molecule has 0 radical (unpaired) electrons. The summed E-state index contributed by atoms with van der Waals surface area (Å²) in [6, 6.07) is 15.7. The molecule has 2 aromatic rings. The Hall–Kier alpha value is -2.20. The van der Waals surface area contributed by atoms with Gasteiger partial charge in [0.05, 0.1) is 6.61 Å². The molecular weight excluding hydrogens is 302 g/mol. The highest BCUT2D eigenvalue weighted by molar-refractivity contribution is 6.30. The second-order valence-corrected chi connectivity index (χ2v) is 5.32. The Kier molecular flexibility index (Phi) is 6.10. The maximum atomic E-state index is 10.3. The summed E-state index contributed by atoms with van der Waals surface area (Å²) in [5.74, 6) is 0.787. The van der Waals surface area contributed by atoms with E-state index in [4.69, 9.17) is 21.4 Å². The van der Waals surface area contributed by atoms with Gasteiger partial charge in [0.1, 0.15) is 5.75 Å². The minimum absolute atomic E-state index is 0.393. The molecule has 0 saturated carbocycles. The fourth-order valence-electron chi connectivity index (χ4n) is 2.00. The average Bonchev–Trinajstić information content (AvgIpc) is 2.50. The van der Waals surface area contributed by atoms with Crippen molar-refractivity contribution in [2.75, 3.05) is 13.2 Å². The van der Waals surface area contributed by atoms with E-state index in [0.29, 0.717) is 19.6 Å². The van der Waals surface area contributed by atoms with Crippen molar-refractivity contribution in [3.05, 3.63) is 64.7 Å². The van der Waals surface area contributed by atoms with Gasteiger partial charge in [0.15, 0.2) is 0 Å². The van der Waals surface area contributed by atoms with Crippen LogP contribution in [-0.2, 0) is 6.42 Å². The molecule has 0 spiro atoms. The highest BCUT2D eigenvalue weighted by atomic mass is 35.5. The van der Waals surface area contributed by atoms with E-state index in [1.54, 1.807) is 0 Å². The summed E-state index contributed by atoms with van der Waals surface area (Å²) >= 11 is 5.87. The quantitative estimate of drug-likeness (QED) is 0.759. The molecule has 0 fully saturated rings. The van der Waals surface area contributed by atoms with Crippen molar-refractivity contribution in [3.63, 3.8) is 0 Å². The number of nitrogens with one attached hydrogen (secondary N) is 1. The van der Waals surface area contributed by atoms with Crippen LogP contribution in [0.3, 0.4) is 0 Å². The number of amides is 1. The van der Waals surface area contributed by atoms with E-state index in [9.17, 15) is 4.79 Å². The minimum atomic E-state index is -1.01. The van der Waals surface area contributed by atoms with Gasteiger partial charge in [0.25, 0.3) is 0 Å². The highest BCUT2D eigenvalue weighted by Gasteiger charge is 1.99. The van der Waals surface area contributed by atoms with Crippen molar-refractivity contribution in [2.24, 2.45) is 0 Å². The Labute approximate surface area is 134 Å². The van der Waals surface area contributed by atoms with E-state index >= 15 is 0 Å². The zero-order chi connectivity index (χ0) is 15.8. The van der Waals surface area contributed by atoms with Crippen molar-refractivity contribution in [1.82, 2.24) is 5.32 Å². The summed E-state index contributed by atoms with van der Waals surface area (Å²) < 4.78 is 5.56. The lowest BCUT2D eigenvalue weighted by Gasteiger charge is -2.07. The molecule has 0 heterocycles. The maximum Gasteiger partial charge on any atom is 0.404 e. The molecule has 2 aromatic carbocycles. The van der Waals surface area contributed by atoms with Crippen LogP contribution in [0.2, 0.25) is 5.02 Å². The van der Waals surface area contributed by atoms with Gasteiger partial charge in [-0.05, 0) is 48.2 Å². The van der Waals surface area contributed by atoms with Gasteiger partial charge in [-0.3, -0.25) is 0 Å². The maximum absolute atomic E-state index is 10.3. The van der Waals surface area contributed by atoms with Gasteiger partial charge in [0, 0.05) is 11.6 Å². The standard InChI is InChI=1S/C17H18ClNO3/c18-15-6-2-13(3-7-15)12-14-4-8-16(9-5-14)22-11-1-10-19-17(20)21/h2-9,19H,1,10-12H2,(H,20,21). The molecule has 0 bridgehead atoms. The molecule has 4 nitrogen and oxygen atoms in total. The molecule has 0 aromatic heterocycles. The van der Waals surface area contributed by atoms with Crippen molar-refractivity contribution >= 4 is 17.7 Å². The first-order valence-corrected chi connectivity index (χ1v) is 7.44. The van der Waals surface area contributed by atoms with Crippen LogP contribution >= 0.6 is 11.6 Å². The molecule has 116 valence electrons. The first kappa shape index (κ1) is 16.2. The molecule has 0 saturated heterocycles. The topological polar surface area (TPSA) is 58.6 Å². The number of rotatable bonds is 7. The predicted octanol–water partition coefficient (Wildman–Crippen LogP) is 3.97. The predicted molar refractivity (Wildman–Crippen MR) is 86.8 cm³/mol. The van der Waals surface area contributed by atoms with Crippen molar-refractivity contribution in [2.45, 2.75) is 12.8 Å². The molecule has 0 atom stereocenters.